The van der Waals surface area contributed by atoms with E-state index in [0.29, 0.717) is 34.4 Å². The molecule has 0 fully saturated rings. The van der Waals surface area contributed by atoms with Crippen LogP contribution in [0.1, 0.15) is 22.6 Å². The number of ether oxygens (including phenoxy) is 2. The van der Waals surface area contributed by atoms with Crippen molar-refractivity contribution in [3.8, 4) is 29.0 Å². The second-order valence-electron chi connectivity index (χ2n) is 9.91. The van der Waals surface area contributed by atoms with E-state index >= 15 is 0 Å². The number of aromatic nitrogens is 2. The minimum absolute atomic E-state index is 0.00143. The number of hydrogen-bond acceptors (Lipinski definition) is 5. The Labute approximate surface area is 241 Å². The summed E-state index contributed by atoms with van der Waals surface area (Å²) in [6.45, 7) is 0.329. The number of allylic oxidation sites excluding steroid dienone is 1. The maximum Gasteiger partial charge on any atom is 0.244 e. The van der Waals surface area contributed by atoms with Gasteiger partial charge in [0.25, 0.3) is 0 Å². The highest BCUT2D eigenvalue weighted by Gasteiger charge is 2.37. The number of fused-ring (bicyclic) bond motifs is 3. The van der Waals surface area contributed by atoms with E-state index in [0.717, 1.165) is 38.4 Å². The zero-order chi connectivity index (χ0) is 27.9. The number of rotatable bonds is 5. The first-order valence-corrected chi connectivity index (χ1v) is 13.5. The highest BCUT2D eigenvalue weighted by atomic mass is 35.5. The molecule has 198 valence electrons. The third-order valence-electron chi connectivity index (χ3n) is 7.52. The van der Waals surface area contributed by atoms with Gasteiger partial charge >= 0.3 is 0 Å². The van der Waals surface area contributed by atoms with Crippen molar-refractivity contribution in [2.45, 2.75) is 12.5 Å². The van der Waals surface area contributed by atoms with Gasteiger partial charge in [0, 0.05) is 16.1 Å². The van der Waals surface area contributed by atoms with Crippen LogP contribution in [-0.2, 0) is 6.61 Å². The molecule has 0 spiro atoms. The SMILES string of the molecule is N#CC1=C(N)Oc2n[nH]c(-c3ccc4ccccc4c3)c2[C@H]1c1cc(Cl)ccc1OCc1cccc2ccccc12. The summed E-state index contributed by atoms with van der Waals surface area (Å²) in [7, 11) is 0. The van der Waals surface area contributed by atoms with E-state index in [1.807, 2.05) is 48.5 Å². The van der Waals surface area contributed by atoms with Crippen molar-refractivity contribution >= 4 is 33.1 Å². The molecule has 0 amide bonds. The summed E-state index contributed by atoms with van der Waals surface area (Å²) in [5.74, 6) is 0.285. The highest BCUT2D eigenvalue weighted by Crippen LogP contribution is 2.48. The van der Waals surface area contributed by atoms with Gasteiger partial charge in [-0.25, -0.2) is 0 Å². The Bertz CT molecular complexity index is 2030. The van der Waals surface area contributed by atoms with E-state index in [2.05, 4.69) is 64.8 Å². The minimum Gasteiger partial charge on any atom is -0.489 e. The van der Waals surface area contributed by atoms with Crippen molar-refractivity contribution in [2.24, 2.45) is 5.73 Å². The summed E-state index contributed by atoms with van der Waals surface area (Å²) in [5, 5.41) is 22.8. The fourth-order valence-electron chi connectivity index (χ4n) is 5.57. The summed E-state index contributed by atoms with van der Waals surface area (Å²) in [6, 6.07) is 36.4. The number of aromatic amines is 1. The Morgan fingerprint density at radius 3 is 2.54 bits per heavy atom. The first-order valence-electron chi connectivity index (χ1n) is 13.1. The summed E-state index contributed by atoms with van der Waals surface area (Å²) in [4.78, 5) is 0. The van der Waals surface area contributed by atoms with Gasteiger partial charge in [-0.15, -0.1) is 5.10 Å². The van der Waals surface area contributed by atoms with Crippen LogP contribution in [0.15, 0.2) is 115 Å². The van der Waals surface area contributed by atoms with Gasteiger partial charge in [0.1, 0.15) is 24.0 Å². The first-order chi connectivity index (χ1) is 20.1. The molecule has 7 heteroatoms. The molecule has 41 heavy (non-hydrogen) atoms. The van der Waals surface area contributed by atoms with Crippen LogP contribution in [0.4, 0.5) is 0 Å². The number of nitriles is 1. The predicted octanol–water partition coefficient (Wildman–Crippen LogP) is 7.83. The van der Waals surface area contributed by atoms with Gasteiger partial charge in [0.2, 0.25) is 11.8 Å². The van der Waals surface area contributed by atoms with E-state index in [1.165, 1.54) is 0 Å². The Morgan fingerprint density at radius 2 is 1.68 bits per heavy atom. The molecule has 0 bridgehead atoms. The molecule has 6 aromatic rings. The molecule has 7 rings (SSSR count). The second-order valence-corrected chi connectivity index (χ2v) is 10.3. The molecule has 6 nitrogen and oxygen atoms in total. The van der Waals surface area contributed by atoms with E-state index in [9.17, 15) is 5.26 Å². The van der Waals surface area contributed by atoms with Crippen molar-refractivity contribution < 1.29 is 9.47 Å². The molecule has 2 heterocycles. The maximum atomic E-state index is 10.3. The summed E-state index contributed by atoms with van der Waals surface area (Å²) in [5.41, 5.74) is 10.6. The lowest BCUT2D eigenvalue weighted by Gasteiger charge is -2.26. The highest BCUT2D eigenvalue weighted by molar-refractivity contribution is 6.30. The average molecular weight is 555 g/mol. The average Bonchev–Trinajstić information content (AvgIpc) is 3.42. The number of hydrogen-bond donors (Lipinski definition) is 2. The maximum absolute atomic E-state index is 10.3. The number of nitrogens with two attached hydrogens (primary N) is 1. The molecule has 3 N–H and O–H groups in total. The number of nitrogens with one attached hydrogen (secondary N) is 1. The molecule has 0 radical (unpaired) electrons. The largest absolute Gasteiger partial charge is 0.489 e. The molecule has 5 aromatic carbocycles. The Kier molecular flexibility index (Phi) is 6.07. The molecular weight excluding hydrogens is 532 g/mol. The molecule has 1 aromatic heterocycles. The van der Waals surface area contributed by atoms with Crippen LogP contribution in [-0.4, -0.2) is 10.2 Å². The normalized spacial score (nSPS) is 14.5. The molecule has 1 aliphatic heterocycles. The van der Waals surface area contributed by atoms with Gasteiger partial charge < -0.3 is 15.2 Å². The number of halogens is 1. The summed E-state index contributed by atoms with van der Waals surface area (Å²) in [6.07, 6.45) is 0. The smallest absolute Gasteiger partial charge is 0.244 e. The number of H-pyrrole nitrogens is 1. The Balaban J connectivity index is 1.35. The third kappa shape index (κ3) is 4.33. The van der Waals surface area contributed by atoms with Crippen LogP contribution in [0.5, 0.6) is 11.6 Å². The number of nitrogens with zero attached hydrogens (tertiary/aromatic N) is 2. The second kappa shape index (κ2) is 10.1. The van der Waals surface area contributed by atoms with E-state index in [-0.39, 0.29) is 11.5 Å². The monoisotopic (exact) mass is 554 g/mol. The van der Waals surface area contributed by atoms with Crippen LogP contribution < -0.4 is 15.2 Å². The molecule has 0 saturated carbocycles. The lowest BCUT2D eigenvalue weighted by atomic mass is 9.82. The van der Waals surface area contributed by atoms with Gasteiger partial charge in [-0.3, -0.25) is 5.10 Å². The Morgan fingerprint density at radius 1 is 0.902 bits per heavy atom. The zero-order valence-electron chi connectivity index (χ0n) is 21.8. The van der Waals surface area contributed by atoms with Gasteiger partial charge in [-0.05, 0) is 51.4 Å². The summed E-state index contributed by atoms with van der Waals surface area (Å²) < 4.78 is 12.3. The van der Waals surface area contributed by atoms with Gasteiger partial charge in [0.15, 0.2) is 0 Å². The molecule has 0 saturated heterocycles. The van der Waals surface area contributed by atoms with Crippen LogP contribution in [0.25, 0.3) is 32.8 Å². The van der Waals surface area contributed by atoms with Crippen LogP contribution >= 0.6 is 11.6 Å². The summed E-state index contributed by atoms with van der Waals surface area (Å²) >= 11 is 6.54. The van der Waals surface area contributed by atoms with Crippen LogP contribution in [0.3, 0.4) is 0 Å². The minimum atomic E-state index is -0.620. The van der Waals surface area contributed by atoms with Crippen LogP contribution in [0.2, 0.25) is 5.02 Å². The van der Waals surface area contributed by atoms with E-state index in [1.54, 1.807) is 6.07 Å². The fraction of sp³-hybridized carbons (Fsp3) is 0.0588. The zero-order valence-corrected chi connectivity index (χ0v) is 22.5. The lowest BCUT2D eigenvalue weighted by molar-refractivity contribution is 0.303. The van der Waals surface area contributed by atoms with Crippen molar-refractivity contribution in [1.82, 2.24) is 10.2 Å². The van der Waals surface area contributed by atoms with Gasteiger partial charge in [-0.2, -0.15) is 5.26 Å². The fourth-order valence-corrected chi connectivity index (χ4v) is 5.75. The standard InChI is InChI=1S/C34H23ClN4O2/c35-25-14-15-29(40-19-24-10-5-9-21-7-3-4-11-26(21)24)27(17-25)30-28(18-36)33(37)41-34-31(30)32(38-39-34)23-13-12-20-6-1-2-8-22(20)16-23/h1-17,30H,19,37H2,(H,38,39)/t30-/m0/s1. The van der Waals surface area contributed by atoms with Crippen molar-refractivity contribution in [1.29, 1.82) is 5.26 Å². The first kappa shape index (κ1) is 24.8. The van der Waals surface area contributed by atoms with Crippen LogP contribution in [0, 0.1) is 11.3 Å². The van der Waals surface area contributed by atoms with Gasteiger partial charge in [0.05, 0.1) is 17.2 Å². The predicted molar refractivity (Wildman–Crippen MR) is 161 cm³/mol. The lowest BCUT2D eigenvalue weighted by Crippen LogP contribution is -2.21. The third-order valence-corrected chi connectivity index (χ3v) is 7.76. The quantitative estimate of drug-likeness (QED) is 0.226. The topological polar surface area (TPSA) is 97.0 Å². The Hall–Kier alpha value is -5.25. The molecule has 1 atom stereocenters. The van der Waals surface area contributed by atoms with Crippen molar-refractivity contribution in [3.63, 3.8) is 0 Å². The van der Waals surface area contributed by atoms with Crippen molar-refractivity contribution in [2.75, 3.05) is 0 Å². The van der Waals surface area contributed by atoms with Crippen molar-refractivity contribution in [3.05, 3.63) is 136 Å². The van der Waals surface area contributed by atoms with E-state index < -0.39 is 5.92 Å². The van der Waals surface area contributed by atoms with Gasteiger partial charge in [-0.1, -0.05) is 90.5 Å². The molecular formula is C34H23ClN4O2. The molecule has 0 unspecified atom stereocenters. The molecule has 1 aliphatic rings. The van der Waals surface area contributed by atoms with E-state index in [4.69, 9.17) is 26.8 Å². The number of benzene rings is 5. The molecule has 0 aliphatic carbocycles.